The summed E-state index contributed by atoms with van der Waals surface area (Å²) >= 11 is 0. The van der Waals surface area contributed by atoms with E-state index in [9.17, 15) is 18.0 Å². The number of alkyl halides is 3. The molecule has 4 atom stereocenters. The van der Waals surface area contributed by atoms with Gasteiger partial charge in [-0.25, -0.2) is 4.68 Å². The molecule has 1 fully saturated rings. The van der Waals surface area contributed by atoms with Crippen LogP contribution in [0.4, 0.5) is 19.0 Å². The first kappa shape index (κ1) is 18.4. The van der Waals surface area contributed by atoms with Crippen molar-refractivity contribution in [3.05, 3.63) is 23.9 Å². The molecule has 0 saturated carbocycles. The molecule has 1 N–H and O–H groups in total. The number of hydrogen-bond donors (Lipinski definition) is 1. The van der Waals surface area contributed by atoms with Gasteiger partial charge in [0.1, 0.15) is 5.82 Å². The zero-order valence-electron chi connectivity index (χ0n) is 15.4. The Kier molecular flexibility index (Phi) is 4.68. The number of amides is 1. The Labute approximate surface area is 156 Å². The van der Waals surface area contributed by atoms with Gasteiger partial charge in [0, 0.05) is 25.1 Å². The lowest BCUT2D eigenvalue weighted by atomic mass is 10.0. The number of rotatable bonds is 3. The number of allylic oxidation sites excluding steroid dienone is 2. The van der Waals surface area contributed by atoms with Crippen LogP contribution in [0.25, 0.3) is 0 Å². The van der Waals surface area contributed by atoms with E-state index in [2.05, 4.69) is 22.6 Å². The van der Waals surface area contributed by atoms with E-state index >= 15 is 0 Å². The van der Waals surface area contributed by atoms with Crippen molar-refractivity contribution >= 4 is 11.7 Å². The molecule has 0 radical (unpaired) electrons. The molecule has 3 heterocycles. The number of likely N-dealkylation sites (tertiary alicyclic amines) is 1. The standard InChI is InChI=1S/C19H25F3N4O/c1-12-9-16(19(20,21)22)26-17(23-12)11-14(24-26)15-7-4-8-25(15)18(27)10-13-5-2-3-6-13/h2,5,11-13,15-16,23H,3-4,6-10H2,1H3/t12-,13+,15+,16-/m1/s1. The topological polar surface area (TPSA) is 50.2 Å². The first-order chi connectivity index (χ1) is 12.8. The molecule has 5 nitrogen and oxygen atoms in total. The molecule has 0 unspecified atom stereocenters. The summed E-state index contributed by atoms with van der Waals surface area (Å²) < 4.78 is 41.4. The van der Waals surface area contributed by atoms with E-state index in [4.69, 9.17) is 0 Å². The number of aromatic nitrogens is 2. The first-order valence-electron chi connectivity index (χ1n) is 9.71. The molecule has 4 rings (SSSR count). The molecule has 3 aliphatic rings. The average Bonchev–Trinajstić information content (AvgIpc) is 3.32. The summed E-state index contributed by atoms with van der Waals surface area (Å²) in [6, 6.07) is -0.428. The van der Waals surface area contributed by atoms with E-state index < -0.39 is 12.2 Å². The summed E-state index contributed by atoms with van der Waals surface area (Å²) in [4.78, 5) is 14.6. The van der Waals surface area contributed by atoms with Crippen LogP contribution < -0.4 is 5.32 Å². The minimum atomic E-state index is -4.34. The number of carbonyl (C=O) groups is 1. The highest BCUT2D eigenvalue weighted by Crippen LogP contribution is 2.41. The van der Waals surface area contributed by atoms with Crippen LogP contribution in [-0.2, 0) is 4.79 Å². The minimum absolute atomic E-state index is 0.0427. The van der Waals surface area contributed by atoms with Gasteiger partial charge >= 0.3 is 6.18 Å². The number of nitrogens with one attached hydrogen (secondary N) is 1. The molecule has 1 aromatic rings. The van der Waals surface area contributed by atoms with Crippen molar-refractivity contribution in [1.82, 2.24) is 14.7 Å². The van der Waals surface area contributed by atoms with E-state index in [1.807, 2.05) is 4.90 Å². The number of hydrogen-bond acceptors (Lipinski definition) is 3. The summed E-state index contributed by atoms with van der Waals surface area (Å²) in [5.74, 6) is 0.754. The van der Waals surface area contributed by atoms with E-state index in [0.717, 1.165) is 30.4 Å². The molecular weight excluding hydrogens is 357 g/mol. The normalized spacial score (nSPS) is 30.4. The first-order valence-corrected chi connectivity index (χ1v) is 9.71. The number of anilines is 1. The summed E-state index contributed by atoms with van der Waals surface area (Å²) in [6.07, 6.45) is 3.90. The lowest BCUT2D eigenvalue weighted by Crippen LogP contribution is -2.38. The molecule has 27 heavy (non-hydrogen) atoms. The van der Waals surface area contributed by atoms with Crippen LogP contribution in [0.15, 0.2) is 18.2 Å². The Morgan fingerprint density at radius 2 is 2.19 bits per heavy atom. The Hall–Kier alpha value is -1.99. The molecule has 1 aromatic heterocycles. The minimum Gasteiger partial charge on any atom is -0.368 e. The van der Waals surface area contributed by atoms with Gasteiger partial charge in [-0.05, 0) is 44.9 Å². The molecule has 2 aliphatic heterocycles. The Balaban J connectivity index is 1.56. The summed E-state index contributed by atoms with van der Waals surface area (Å²) in [5, 5.41) is 7.40. The molecule has 0 aromatic carbocycles. The number of halogens is 3. The van der Waals surface area contributed by atoms with Crippen molar-refractivity contribution in [2.24, 2.45) is 5.92 Å². The van der Waals surface area contributed by atoms with Gasteiger partial charge in [0.25, 0.3) is 0 Å². The number of nitrogens with zero attached hydrogens (tertiary/aromatic N) is 3. The predicted molar refractivity (Wildman–Crippen MR) is 95.2 cm³/mol. The van der Waals surface area contributed by atoms with Crippen molar-refractivity contribution in [3.63, 3.8) is 0 Å². The van der Waals surface area contributed by atoms with E-state index in [1.54, 1.807) is 13.0 Å². The van der Waals surface area contributed by atoms with Crippen LogP contribution in [0.2, 0.25) is 0 Å². The third-order valence-electron chi connectivity index (χ3n) is 5.86. The van der Waals surface area contributed by atoms with Gasteiger partial charge in [-0.3, -0.25) is 4.79 Å². The Morgan fingerprint density at radius 1 is 1.37 bits per heavy atom. The van der Waals surface area contributed by atoms with Crippen molar-refractivity contribution in [2.75, 3.05) is 11.9 Å². The average molecular weight is 382 g/mol. The second-order valence-electron chi connectivity index (χ2n) is 7.95. The Bertz CT molecular complexity index is 742. The highest BCUT2D eigenvalue weighted by Gasteiger charge is 2.46. The predicted octanol–water partition coefficient (Wildman–Crippen LogP) is 4.21. The monoisotopic (exact) mass is 382 g/mol. The van der Waals surface area contributed by atoms with Crippen molar-refractivity contribution in [3.8, 4) is 0 Å². The summed E-state index contributed by atoms with van der Waals surface area (Å²) in [5.41, 5.74) is 0.564. The van der Waals surface area contributed by atoms with Crippen LogP contribution in [0.5, 0.6) is 0 Å². The molecule has 1 aliphatic carbocycles. The van der Waals surface area contributed by atoms with Crippen molar-refractivity contribution in [2.45, 2.75) is 69.8 Å². The van der Waals surface area contributed by atoms with Crippen LogP contribution >= 0.6 is 0 Å². The van der Waals surface area contributed by atoms with Crippen molar-refractivity contribution in [1.29, 1.82) is 0 Å². The molecule has 0 spiro atoms. The highest BCUT2D eigenvalue weighted by atomic mass is 19.4. The molecule has 8 heteroatoms. The Morgan fingerprint density at radius 3 is 2.89 bits per heavy atom. The maximum Gasteiger partial charge on any atom is 0.410 e. The van der Waals surface area contributed by atoms with Gasteiger partial charge in [-0.1, -0.05) is 12.2 Å². The largest absolute Gasteiger partial charge is 0.410 e. The third-order valence-corrected chi connectivity index (χ3v) is 5.86. The van der Waals surface area contributed by atoms with Crippen LogP contribution in [0, 0.1) is 5.92 Å². The molecule has 1 saturated heterocycles. The number of carbonyl (C=O) groups excluding carboxylic acids is 1. The molecule has 148 valence electrons. The van der Waals surface area contributed by atoms with Gasteiger partial charge in [0.2, 0.25) is 5.91 Å². The van der Waals surface area contributed by atoms with Crippen molar-refractivity contribution < 1.29 is 18.0 Å². The van der Waals surface area contributed by atoms with Crippen LogP contribution in [0.3, 0.4) is 0 Å². The lowest BCUT2D eigenvalue weighted by Gasteiger charge is -2.31. The van der Waals surface area contributed by atoms with Gasteiger partial charge in [0.15, 0.2) is 6.04 Å². The second kappa shape index (κ2) is 6.87. The summed E-state index contributed by atoms with van der Waals surface area (Å²) in [7, 11) is 0. The van der Waals surface area contributed by atoms with Gasteiger partial charge in [0.05, 0.1) is 11.7 Å². The zero-order valence-corrected chi connectivity index (χ0v) is 15.4. The smallest absolute Gasteiger partial charge is 0.368 e. The highest BCUT2D eigenvalue weighted by molar-refractivity contribution is 5.77. The maximum atomic E-state index is 13.5. The fourth-order valence-corrected chi connectivity index (χ4v) is 4.52. The fraction of sp³-hybridized carbons (Fsp3) is 0.684. The molecule has 0 bridgehead atoms. The van der Waals surface area contributed by atoms with E-state index in [1.165, 1.54) is 0 Å². The van der Waals surface area contributed by atoms with E-state index in [0.29, 0.717) is 24.5 Å². The number of fused-ring (bicyclic) bond motifs is 1. The van der Waals surface area contributed by atoms with Crippen LogP contribution in [0.1, 0.15) is 63.2 Å². The fourth-order valence-electron chi connectivity index (χ4n) is 4.52. The SMILES string of the molecule is C[C@@H]1C[C@H](C(F)(F)F)n2nc([C@@H]3CCCN3C(=O)C[C@H]3C=CCC3)cc2N1. The summed E-state index contributed by atoms with van der Waals surface area (Å²) in [6.45, 7) is 2.39. The third kappa shape index (κ3) is 3.58. The van der Waals surface area contributed by atoms with Gasteiger partial charge < -0.3 is 10.2 Å². The van der Waals surface area contributed by atoms with E-state index in [-0.39, 0.29) is 30.3 Å². The van der Waals surface area contributed by atoms with Gasteiger partial charge in [-0.15, -0.1) is 0 Å². The maximum absolute atomic E-state index is 13.5. The quantitative estimate of drug-likeness (QED) is 0.797. The molecular formula is C19H25F3N4O. The second-order valence-corrected chi connectivity index (χ2v) is 7.95. The zero-order chi connectivity index (χ0) is 19.2. The van der Waals surface area contributed by atoms with Crippen LogP contribution in [-0.4, -0.2) is 39.4 Å². The molecule has 1 amide bonds. The van der Waals surface area contributed by atoms with Gasteiger partial charge in [-0.2, -0.15) is 18.3 Å². The lowest BCUT2D eigenvalue weighted by molar-refractivity contribution is -0.173.